The molecular formula is C14H18ClNO3. The van der Waals surface area contributed by atoms with Crippen LogP contribution in [-0.2, 0) is 16.0 Å². The first-order valence-corrected chi connectivity index (χ1v) is 6.76. The summed E-state index contributed by atoms with van der Waals surface area (Å²) in [5.74, 6) is -0.357. The molecule has 0 aliphatic rings. The van der Waals surface area contributed by atoms with Crippen molar-refractivity contribution in [2.75, 3.05) is 12.5 Å². The molecule has 0 aliphatic heterocycles. The average molecular weight is 284 g/mol. The van der Waals surface area contributed by atoms with Crippen molar-refractivity contribution in [2.24, 2.45) is 0 Å². The van der Waals surface area contributed by atoms with Crippen molar-refractivity contribution in [3.8, 4) is 0 Å². The molecule has 0 bridgehead atoms. The number of ketones is 1. The Morgan fingerprint density at radius 3 is 2.58 bits per heavy atom. The monoisotopic (exact) mass is 283 g/mol. The van der Waals surface area contributed by atoms with Gasteiger partial charge in [0.05, 0.1) is 18.5 Å². The first-order chi connectivity index (χ1) is 9.17. The van der Waals surface area contributed by atoms with Gasteiger partial charge in [0, 0.05) is 0 Å². The lowest BCUT2D eigenvalue weighted by Gasteiger charge is -2.16. The van der Waals surface area contributed by atoms with Crippen LogP contribution in [0, 0.1) is 0 Å². The van der Waals surface area contributed by atoms with E-state index in [1.54, 1.807) is 0 Å². The zero-order valence-corrected chi connectivity index (χ0v) is 11.7. The van der Waals surface area contributed by atoms with E-state index in [-0.39, 0.29) is 11.7 Å². The predicted molar refractivity (Wildman–Crippen MR) is 74.4 cm³/mol. The molecule has 1 unspecified atom stereocenters. The summed E-state index contributed by atoms with van der Waals surface area (Å²) in [6.07, 6.45) is 0.564. The fourth-order valence-corrected chi connectivity index (χ4v) is 1.75. The maximum Gasteiger partial charge on any atom is 0.407 e. The van der Waals surface area contributed by atoms with Gasteiger partial charge in [-0.3, -0.25) is 4.79 Å². The highest BCUT2D eigenvalue weighted by atomic mass is 35.5. The van der Waals surface area contributed by atoms with Gasteiger partial charge in [-0.15, -0.1) is 11.6 Å². The number of nitrogens with one attached hydrogen (secondary N) is 1. The van der Waals surface area contributed by atoms with Crippen molar-refractivity contribution in [3.05, 3.63) is 35.9 Å². The molecule has 5 heteroatoms. The largest absolute Gasteiger partial charge is 0.450 e. The number of halogens is 1. The van der Waals surface area contributed by atoms with Crippen LogP contribution >= 0.6 is 11.6 Å². The fraction of sp³-hybridized carbons (Fsp3) is 0.429. The number of alkyl halides is 1. The average Bonchev–Trinajstić information content (AvgIpc) is 2.44. The van der Waals surface area contributed by atoms with Crippen LogP contribution in [0.2, 0.25) is 0 Å². The fourth-order valence-electron chi connectivity index (χ4n) is 1.57. The summed E-state index contributed by atoms with van der Waals surface area (Å²) in [6.45, 7) is 2.23. The van der Waals surface area contributed by atoms with Crippen LogP contribution in [0.25, 0.3) is 0 Å². The van der Waals surface area contributed by atoms with Crippen molar-refractivity contribution in [1.82, 2.24) is 5.32 Å². The molecule has 4 nitrogen and oxygen atoms in total. The van der Waals surface area contributed by atoms with Gasteiger partial charge in [-0.2, -0.15) is 0 Å². The van der Waals surface area contributed by atoms with Gasteiger partial charge in [-0.1, -0.05) is 37.3 Å². The van der Waals surface area contributed by atoms with Crippen molar-refractivity contribution < 1.29 is 14.3 Å². The van der Waals surface area contributed by atoms with Gasteiger partial charge >= 0.3 is 6.09 Å². The second kappa shape index (κ2) is 8.53. The molecule has 104 valence electrons. The zero-order chi connectivity index (χ0) is 14.1. The molecule has 0 radical (unpaired) electrons. The Bertz CT molecular complexity index is 408. The maximum absolute atomic E-state index is 11.7. The second-order valence-electron chi connectivity index (χ2n) is 4.12. The topological polar surface area (TPSA) is 55.4 Å². The van der Waals surface area contributed by atoms with Gasteiger partial charge in [0.2, 0.25) is 0 Å². The second-order valence-corrected chi connectivity index (χ2v) is 4.39. The molecule has 0 saturated carbocycles. The summed E-state index contributed by atoms with van der Waals surface area (Å²) in [5.41, 5.74) is 0.960. The minimum atomic E-state index is -0.649. The van der Waals surface area contributed by atoms with Crippen LogP contribution in [-0.4, -0.2) is 30.4 Å². The van der Waals surface area contributed by atoms with Gasteiger partial charge in [-0.05, 0) is 18.4 Å². The Hall–Kier alpha value is -1.55. The molecule has 0 aromatic heterocycles. The molecule has 19 heavy (non-hydrogen) atoms. The van der Waals surface area contributed by atoms with E-state index in [0.717, 1.165) is 12.0 Å². The lowest BCUT2D eigenvalue weighted by Crippen LogP contribution is -2.43. The summed E-state index contributed by atoms with van der Waals surface area (Å²) >= 11 is 5.56. The third-order valence-corrected chi connectivity index (χ3v) is 2.80. The Balaban J connectivity index is 2.62. The molecule has 0 heterocycles. The minimum Gasteiger partial charge on any atom is -0.450 e. The summed E-state index contributed by atoms with van der Waals surface area (Å²) in [7, 11) is 0. The van der Waals surface area contributed by atoms with E-state index in [0.29, 0.717) is 13.0 Å². The van der Waals surface area contributed by atoms with Crippen LogP contribution in [0.15, 0.2) is 30.3 Å². The molecule has 1 amide bonds. The Labute approximate surface area is 118 Å². The van der Waals surface area contributed by atoms with E-state index < -0.39 is 12.1 Å². The molecule has 1 aromatic carbocycles. The third-order valence-electron chi connectivity index (χ3n) is 2.53. The number of amides is 1. The van der Waals surface area contributed by atoms with E-state index in [4.69, 9.17) is 16.3 Å². The van der Waals surface area contributed by atoms with Gasteiger partial charge in [0.15, 0.2) is 5.78 Å². The Morgan fingerprint density at radius 2 is 2.00 bits per heavy atom. The smallest absolute Gasteiger partial charge is 0.407 e. The normalized spacial score (nSPS) is 11.7. The molecule has 0 saturated heterocycles. The van der Waals surface area contributed by atoms with Crippen LogP contribution in [0.1, 0.15) is 18.9 Å². The number of hydrogen-bond acceptors (Lipinski definition) is 3. The Kier molecular flexibility index (Phi) is 6.97. The number of alkyl carbamates (subject to hydrolysis) is 1. The molecular weight excluding hydrogens is 266 g/mol. The van der Waals surface area contributed by atoms with Crippen molar-refractivity contribution in [1.29, 1.82) is 0 Å². The number of ether oxygens (including phenoxy) is 1. The van der Waals surface area contributed by atoms with Gasteiger partial charge in [0.25, 0.3) is 0 Å². The van der Waals surface area contributed by atoms with Gasteiger partial charge < -0.3 is 10.1 Å². The van der Waals surface area contributed by atoms with Crippen molar-refractivity contribution >= 4 is 23.5 Å². The van der Waals surface area contributed by atoms with E-state index in [2.05, 4.69) is 5.32 Å². The predicted octanol–water partition coefficient (Wildman–Crippen LogP) is 2.54. The summed E-state index contributed by atoms with van der Waals surface area (Å²) in [5, 5.41) is 2.56. The molecule has 1 rings (SSSR count). The van der Waals surface area contributed by atoms with E-state index >= 15 is 0 Å². The first-order valence-electron chi connectivity index (χ1n) is 6.23. The Morgan fingerprint density at radius 1 is 1.32 bits per heavy atom. The number of carbonyl (C=O) groups excluding carboxylic acids is 2. The highest BCUT2D eigenvalue weighted by Gasteiger charge is 2.20. The van der Waals surface area contributed by atoms with E-state index in [1.807, 2.05) is 37.3 Å². The lowest BCUT2D eigenvalue weighted by molar-refractivity contribution is -0.118. The van der Waals surface area contributed by atoms with Crippen molar-refractivity contribution in [3.63, 3.8) is 0 Å². The molecule has 0 fully saturated rings. The zero-order valence-electron chi connectivity index (χ0n) is 10.9. The summed E-state index contributed by atoms with van der Waals surface area (Å²) in [6, 6.07) is 8.80. The number of carbonyl (C=O) groups is 2. The number of Topliss-reactive ketones (excluding diaryl/α,β-unsaturated/α-hetero) is 1. The molecule has 1 N–H and O–H groups in total. The molecule has 1 aromatic rings. The standard InChI is InChI=1S/C14H18ClNO3/c1-2-8-19-14(18)16-12(13(17)10-15)9-11-6-4-3-5-7-11/h3-7,12H,2,8-10H2,1H3,(H,16,18). The van der Waals surface area contributed by atoms with E-state index in [1.165, 1.54) is 0 Å². The lowest BCUT2D eigenvalue weighted by atomic mass is 10.0. The van der Waals surface area contributed by atoms with Gasteiger partial charge in [-0.25, -0.2) is 4.79 Å². The maximum atomic E-state index is 11.7. The van der Waals surface area contributed by atoms with Crippen LogP contribution < -0.4 is 5.32 Å². The van der Waals surface area contributed by atoms with Crippen LogP contribution in [0.3, 0.4) is 0 Å². The van der Waals surface area contributed by atoms with Gasteiger partial charge in [0.1, 0.15) is 0 Å². The molecule has 0 spiro atoms. The highest BCUT2D eigenvalue weighted by molar-refractivity contribution is 6.28. The molecule has 0 aliphatic carbocycles. The molecule has 1 atom stereocenters. The number of benzene rings is 1. The van der Waals surface area contributed by atoms with E-state index in [9.17, 15) is 9.59 Å². The SMILES string of the molecule is CCCOC(=O)NC(Cc1ccccc1)C(=O)CCl. The summed E-state index contributed by atoms with van der Waals surface area (Å²) < 4.78 is 4.91. The van der Waals surface area contributed by atoms with Crippen LogP contribution in [0.5, 0.6) is 0 Å². The summed E-state index contributed by atoms with van der Waals surface area (Å²) in [4.78, 5) is 23.2. The van der Waals surface area contributed by atoms with Crippen molar-refractivity contribution in [2.45, 2.75) is 25.8 Å². The number of hydrogen-bond donors (Lipinski definition) is 1. The highest BCUT2D eigenvalue weighted by Crippen LogP contribution is 2.05. The number of rotatable bonds is 7. The first kappa shape index (κ1) is 15.5. The minimum absolute atomic E-state index is 0.133. The van der Waals surface area contributed by atoms with Crippen LogP contribution in [0.4, 0.5) is 4.79 Å². The third kappa shape index (κ3) is 5.75. The quantitative estimate of drug-likeness (QED) is 0.783.